The lowest BCUT2D eigenvalue weighted by molar-refractivity contribution is 0.0445. The third-order valence-electron chi connectivity index (χ3n) is 5.90. The van der Waals surface area contributed by atoms with E-state index < -0.39 is 6.10 Å². The van der Waals surface area contributed by atoms with Crippen LogP contribution < -0.4 is 9.47 Å². The maximum Gasteiger partial charge on any atom is 0.338 e. The molecule has 2 aromatic carbocycles. The topological polar surface area (TPSA) is 71.5 Å². The number of fused-ring (bicyclic) bond motifs is 1. The molecule has 4 rings (SSSR count). The standard InChI is InChI=1S/C25H32N2O5/c1-2-30-25(29)20-4-6-23(7-5-20)32-18-22(28)17-27-12-10-26(11-13-27)16-19-3-8-24-21(15-19)9-14-31-24/h3-8,15,22,28H,2,9-14,16-18H2,1H3. The average Bonchev–Trinajstić information content (AvgIpc) is 3.27. The van der Waals surface area contributed by atoms with Crippen molar-refractivity contribution in [2.24, 2.45) is 0 Å². The highest BCUT2D eigenvalue weighted by atomic mass is 16.5. The molecule has 1 fully saturated rings. The fourth-order valence-electron chi connectivity index (χ4n) is 4.17. The molecule has 0 radical (unpaired) electrons. The zero-order valence-corrected chi connectivity index (χ0v) is 18.7. The molecule has 7 heteroatoms. The number of nitrogens with zero attached hydrogens (tertiary/aromatic N) is 2. The Morgan fingerprint density at radius 3 is 2.59 bits per heavy atom. The molecule has 0 aliphatic carbocycles. The van der Waals surface area contributed by atoms with Crippen molar-refractivity contribution in [3.63, 3.8) is 0 Å². The maximum atomic E-state index is 11.7. The number of ether oxygens (including phenoxy) is 3. The van der Waals surface area contributed by atoms with Crippen LogP contribution in [-0.2, 0) is 17.7 Å². The number of aliphatic hydroxyl groups excluding tert-OH is 1. The van der Waals surface area contributed by atoms with Crippen LogP contribution in [0.15, 0.2) is 42.5 Å². The molecular formula is C25H32N2O5. The van der Waals surface area contributed by atoms with E-state index in [9.17, 15) is 9.90 Å². The van der Waals surface area contributed by atoms with Crippen LogP contribution in [0.4, 0.5) is 0 Å². The number of rotatable bonds is 9. The van der Waals surface area contributed by atoms with Crippen molar-refractivity contribution < 1.29 is 24.1 Å². The van der Waals surface area contributed by atoms with Gasteiger partial charge in [-0.2, -0.15) is 0 Å². The first kappa shape index (κ1) is 22.6. The van der Waals surface area contributed by atoms with E-state index >= 15 is 0 Å². The highest BCUT2D eigenvalue weighted by molar-refractivity contribution is 5.89. The van der Waals surface area contributed by atoms with Gasteiger partial charge in [0.2, 0.25) is 0 Å². The lowest BCUT2D eigenvalue weighted by Crippen LogP contribution is -2.48. The third-order valence-corrected chi connectivity index (χ3v) is 5.90. The quantitative estimate of drug-likeness (QED) is 0.600. The van der Waals surface area contributed by atoms with Gasteiger partial charge in [-0.15, -0.1) is 0 Å². The number of β-amino-alcohol motifs (C(OH)–C–C–N with tert-alkyl or cyclic N) is 1. The number of aliphatic hydroxyl groups is 1. The van der Waals surface area contributed by atoms with E-state index in [1.54, 1.807) is 31.2 Å². The molecular weight excluding hydrogens is 408 g/mol. The van der Waals surface area contributed by atoms with Gasteiger partial charge in [-0.05, 0) is 48.4 Å². The Labute approximate surface area is 189 Å². The van der Waals surface area contributed by atoms with E-state index in [0.717, 1.165) is 51.5 Å². The van der Waals surface area contributed by atoms with Gasteiger partial charge in [0.05, 0.1) is 18.8 Å². The summed E-state index contributed by atoms with van der Waals surface area (Å²) in [6, 6.07) is 13.3. The Morgan fingerprint density at radius 2 is 1.84 bits per heavy atom. The molecule has 1 saturated heterocycles. The van der Waals surface area contributed by atoms with Crippen molar-refractivity contribution in [2.75, 3.05) is 52.5 Å². The number of hydrogen-bond donors (Lipinski definition) is 1. The average molecular weight is 441 g/mol. The van der Waals surface area contributed by atoms with E-state index in [1.807, 2.05) is 0 Å². The summed E-state index contributed by atoms with van der Waals surface area (Å²) in [4.78, 5) is 16.4. The Bertz CT molecular complexity index is 894. The largest absolute Gasteiger partial charge is 0.493 e. The molecule has 2 heterocycles. The van der Waals surface area contributed by atoms with Crippen LogP contribution in [0.3, 0.4) is 0 Å². The number of esters is 1. The predicted octanol–water partition coefficient (Wildman–Crippen LogP) is 2.36. The minimum Gasteiger partial charge on any atom is -0.493 e. The summed E-state index contributed by atoms with van der Waals surface area (Å²) in [6.07, 6.45) is 0.440. The Balaban J connectivity index is 1.16. The molecule has 2 aliphatic heterocycles. The maximum absolute atomic E-state index is 11.7. The van der Waals surface area contributed by atoms with Crippen molar-refractivity contribution in [1.29, 1.82) is 0 Å². The van der Waals surface area contributed by atoms with Crippen LogP contribution in [-0.4, -0.2) is 79.5 Å². The molecule has 0 amide bonds. The third kappa shape index (κ3) is 6.00. The molecule has 7 nitrogen and oxygen atoms in total. The smallest absolute Gasteiger partial charge is 0.338 e. The second-order valence-corrected chi connectivity index (χ2v) is 8.33. The lowest BCUT2D eigenvalue weighted by Gasteiger charge is -2.35. The zero-order chi connectivity index (χ0) is 22.3. The first-order chi connectivity index (χ1) is 15.6. The van der Waals surface area contributed by atoms with Gasteiger partial charge >= 0.3 is 5.97 Å². The van der Waals surface area contributed by atoms with Gasteiger partial charge in [0.1, 0.15) is 24.2 Å². The first-order valence-corrected chi connectivity index (χ1v) is 11.4. The fraction of sp³-hybridized carbons (Fsp3) is 0.480. The first-order valence-electron chi connectivity index (χ1n) is 11.4. The van der Waals surface area contributed by atoms with Gasteiger partial charge in [0.25, 0.3) is 0 Å². The summed E-state index contributed by atoms with van der Waals surface area (Å²) in [5.41, 5.74) is 3.15. The van der Waals surface area contributed by atoms with Crippen LogP contribution in [0.5, 0.6) is 11.5 Å². The number of hydrogen-bond acceptors (Lipinski definition) is 7. The van der Waals surface area contributed by atoms with E-state index in [1.165, 1.54) is 11.1 Å². The minimum atomic E-state index is -0.567. The van der Waals surface area contributed by atoms with Crippen molar-refractivity contribution in [2.45, 2.75) is 26.0 Å². The highest BCUT2D eigenvalue weighted by Gasteiger charge is 2.20. The summed E-state index contributed by atoms with van der Waals surface area (Å²) in [5.74, 6) is 1.31. The Hall–Kier alpha value is -2.61. The molecule has 2 aromatic rings. The number of benzene rings is 2. The monoisotopic (exact) mass is 440 g/mol. The summed E-state index contributed by atoms with van der Waals surface area (Å²) < 4.78 is 16.3. The molecule has 0 aromatic heterocycles. The number of piperazine rings is 1. The van der Waals surface area contributed by atoms with E-state index in [4.69, 9.17) is 14.2 Å². The van der Waals surface area contributed by atoms with Gasteiger partial charge in [-0.3, -0.25) is 9.80 Å². The van der Waals surface area contributed by atoms with Gasteiger partial charge < -0.3 is 19.3 Å². The van der Waals surface area contributed by atoms with E-state index in [2.05, 4.69) is 28.0 Å². The molecule has 1 atom stereocenters. The highest BCUT2D eigenvalue weighted by Crippen LogP contribution is 2.26. The molecule has 172 valence electrons. The van der Waals surface area contributed by atoms with Crippen LogP contribution in [0.25, 0.3) is 0 Å². The molecule has 0 spiro atoms. The Kier molecular flexibility index (Phi) is 7.63. The number of carbonyl (C=O) groups is 1. The summed E-state index contributed by atoms with van der Waals surface area (Å²) in [5, 5.41) is 10.4. The molecule has 0 bridgehead atoms. The minimum absolute atomic E-state index is 0.218. The molecule has 2 aliphatic rings. The van der Waals surface area contributed by atoms with Crippen molar-refractivity contribution in [1.82, 2.24) is 9.80 Å². The SMILES string of the molecule is CCOC(=O)c1ccc(OCC(O)CN2CCN(Cc3ccc4c(c3)CCO4)CC2)cc1. The molecule has 1 N–H and O–H groups in total. The van der Waals surface area contributed by atoms with Crippen LogP contribution in [0, 0.1) is 0 Å². The zero-order valence-electron chi connectivity index (χ0n) is 18.7. The lowest BCUT2D eigenvalue weighted by atomic mass is 10.1. The van der Waals surface area contributed by atoms with Gasteiger partial charge in [-0.1, -0.05) is 12.1 Å². The number of carbonyl (C=O) groups excluding carboxylic acids is 1. The normalized spacial score (nSPS) is 17.4. The van der Waals surface area contributed by atoms with Crippen LogP contribution in [0.1, 0.15) is 28.4 Å². The van der Waals surface area contributed by atoms with Crippen LogP contribution >= 0.6 is 0 Å². The molecule has 1 unspecified atom stereocenters. The van der Waals surface area contributed by atoms with Crippen molar-refractivity contribution >= 4 is 5.97 Å². The molecule has 0 saturated carbocycles. The van der Waals surface area contributed by atoms with Gasteiger partial charge in [0.15, 0.2) is 0 Å². The molecule has 32 heavy (non-hydrogen) atoms. The van der Waals surface area contributed by atoms with Gasteiger partial charge in [-0.25, -0.2) is 4.79 Å². The summed E-state index contributed by atoms with van der Waals surface area (Å²) in [6.45, 7) is 8.51. The predicted molar refractivity (Wildman–Crippen MR) is 121 cm³/mol. The summed E-state index contributed by atoms with van der Waals surface area (Å²) >= 11 is 0. The van der Waals surface area contributed by atoms with E-state index in [-0.39, 0.29) is 12.6 Å². The van der Waals surface area contributed by atoms with Crippen molar-refractivity contribution in [3.05, 3.63) is 59.2 Å². The van der Waals surface area contributed by atoms with Gasteiger partial charge in [0, 0.05) is 45.7 Å². The second-order valence-electron chi connectivity index (χ2n) is 8.33. The van der Waals surface area contributed by atoms with E-state index in [0.29, 0.717) is 24.5 Å². The summed E-state index contributed by atoms with van der Waals surface area (Å²) in [7, 11) is 0. The van der Waals surface area contributed by atoms with Crippen LogP contribution in [0.2, 0.25) is 0 Å². The van der Waals surface area contributed by atoms with Crippen molar-refractivity contribution in [3.8, 4) is 11.5 Å². The second kappa shape index (κ2) is 10.8. The fourth-order valence-corrected chi connectivity index (χ4v) is 4.17. The Morgan fingerprint density at radius 1 is 1.09 bits per heavy atom.